The fraction of sp³-hybridized carbons (Fsp3) is 0.448. The summed E-state index contributed by atoms with van der Waals surface area (Å²) in [6.07, 6.45) is 4.32. The van der Waals surface area contributed by atoms with Crippen molar-refractivity contribution < 1.29 is 14.7 Å². The van der Waals surface area contributed by atoms with Gasteiger partial charge in [0.15, 0.2) is 0 Å². The smallest absolute Gasteiger partial charge is 0.317 e. The highest BCUT2D eigenvalue weighted by Gasteiger charge is 2.33. The molecule has 41 heavy (non-hydrogen) atoms. The number of fused-ring (bicyclic) bond motifs is 1. The third kappa shape index (κ3) is 6.94. The molecule has 2 aliphatic rings. The first-order valence-electron chi connectivity index (χ1n) is 14.0. The summed E-state index contributed by atoms with van der Waals surface area (Å²) >= 11 is 1.33. The number of aliphatic hydroxyl groups excluding tert-OH is 1. The Morgan fingerprint density at radius 1 is 1.07 bits per heavy atom. The molecule has 5 rings (SSSR count). The van der Waals surface area contributed by atoms with Crippen molar-refractivity contribution in [1.29, 1.82) is 0 Å². The summed E-state index contributed by atoms with van der Waals surface area (Å²) in [5.74, 6) is 0.365. The number of hydrogen-bond donors (Lipinski definition) is 3. The molecule has 3 atom stereocenters. The number of likely N-dealkylation sites (N-methyl/N-ethyl adjacent to an activating group) is 1. The second-order valence-corrected chi connectivity index (χ2v) is 11.6. The second-order valence-electron chi connectivity index (χ2n) is 10.6. The summed E-state index contributed by atoms with van der Waals surface area (Å²) in [5.41, 5.74) is 2.98. The van der Waals surface area contributed by atoms with Crippen LogP contribution in [0.15, 0.2) is 64.7 Å². The molecule has 12 heteroatoms. The van der Waals surface area contributed by atoms with Crippen LogP contribution >= 0.6 is 11.8 Å². The van der Waals surface area contributed by atoms with Crippen molar-refractivity contribution >= 4 is 35.1 Å². The SMILES string of the molecule is CN1C(=O)[C@H](NC(=O)N[C@@H](CC2CCCCC2)C(O)CSc2nnnn2C)N=C(c2ccccc2)c2ccccc21. The first-order chi connectivity index (χ1) is 19.9. The standard InChI is InChI=1S/C29H36N8O3S/c1-36-23-16-10-9-15-21(23)25(20-13-7-4-8-14-20)31-26(27(36)39)32-28(40)30-22(17-19-11-5-3-6-12-19)24(38)18-41-29-33-34-35-37(29)2/h4,7-10,13-16,19,22,24,26,38H,3,5-6,11-12,17-18H2,1-2H3,(H2,30,32,40)/t22-,24?,26-/m0/s1. The number of tetrazole rings is 1. The van der Waals surface area contributed by atoms with Gasteiger partial charge in [-0.05, 0) is 28.8 Å². The van der Waals surface area contributed by atoms with Crippen LogP contribution in [0.4, 0.5) is 10.5 Å². The Labute approximate surface area is 243 Å². The van der Waals surface area contributed by atoms with Crippen LogP contribution in [-0.4, -0.2) is 74.1 Å². The van der Waals surface area contributed by atoms with Gasteiger partial charge in [-0.2, -0.15) is 0 Å². The number of nitrogens with zero attached hydrogens (tertiary/aromatic N) is 6. The Hall–Kier alpha value is -3.77. The predicted octanol–water partition coefficient (Wildman–Crippen LogP) is 3.14. The normalized spacial score (nSPS) is 19.1. The topological polar surface area (TPSA) is 138 Å². The van der Waals surface area contributed by atoms with Gasteiger partial charge in [0.25, 0.3) is 5.91 Å². The van der Waals surface area contributed by atoms with E-state index in [1.54, 1.807) is 18.8 Å². The van der Waals surface area contributed by atoms with Crippen molar-refractivity contribution in [3.05, 3.63) is 65.7 Å². The molecule has 216 valence electrons. The van der Waals surface area contributed by atoms with Crippen LogP contribution in [0, 0.1) is 5.92 Å². The molecule has 2 heterocycles. The lowest BCUT2D eigenvalue weighted by Gasteiger charge is -2.30. The maximum atomic E-state index is 13.5. The second kappa shape index (κ2) is 13.3. The van der Waals surface area contributed by atoms with Gasteiger partial charge in [0.1, 0.15) is 0 Å². The zero-order valence-electron chi connectivity index (χ0n) is 23.3. The van der Waals surface area contributed by atoms with E-state index in [1.165, 1.54) is 23.1 Å². The highest BCUT2D eigenvalue weighted by Crippen LogP contribution is 2.29. The van der Waals surface area contributed by atoms with Gasteiger partial charge in [-0.1, -0.05) is 92.4 Å². The number of carbonyl (C=O) groups excluding carboxylic acids is 2. The van der Waals surface area contributed by atoms with Gasteiger partial charge >= 0.3 is 6.03 Å². The molecule has 11 nitrogen and oxygen atoms in total. The number of para-hydroxylation sites is 1. The third-order valence-electron chi connectivity index (χ3n) is 7.72. The van der Waals surface area contributed by atoms with Crippen LogP contribution in [0.3, 0.4) is 0 Å². The van der Waals surface area contributed by atoms with E-state index in [0.717, 1.165) is 36.8 Å². The first-order valence-corrected chi connectivity index (χ1v) is 15.0. The number of benzene rings is 2. The van der Waals surface area contributed by atoms with Crippen molar-refractivity contribution in [2.75, 3.05) is 17.7 Å². The van der Waals surface area contributed by atoms with Gasteiger partial charge in [0.2, 0.25) is 11.3 Å². The number of aromatic nitrogens is 4. The lowest BCUT2D eigenvalue weighted by molar-refractivity contribution is -0.119. The number of benzodiazepines with no additional fused rings is 1. The average molecular weight is 577 g/mol. The highest BCUT2D eigenvalue weighted by molar-refractivity contribution is 7.99. The Balaban J connectivity index is 1.35. The first kappa shape index (κ1) is 28.7. The number of amides is 3. The van der Waals surface area contributed by atoms with Crippen LogP contribution in [0.5, 0.6) is 0 Å². The number of thioether (sulfide) groups is 1. The summed E-state index contributed by atoms with van der Waals surface area (Å²) in [7, 11) is 3.43. The molecule has 1 aromatic heterocycles. The number of nitrogens with one attached hydrogen (secondary N) is 2. The zero-order chi connectivity index (χ0) is 28.8. The number of aliphatic imine (C=N–C) groups is 1. The molecule has 2 aromatic carbocycles. The Bertz CT molecular complexity index is 1380. The minimum atomic E-state index is -1.14. The highest BCUT2D eigenvalue weighted by atomic mass is 32.2. The number of hydrogen-bond acceptors (Lipinski definition) is 8. The van der Waals surface area contributed by atoms with Crippen LogP contribution in [0.25, 0.3) is 0 Å². The molecule has 1 saturated carbocycles. The summed E-state index contributed by atoms with van der Waals surface area (Å²) in [6, 6.07) is 16.1. The van der Waals surface area contributed by atoms with Gasteiger partial charge in [-0.3, -0.25) is 4.79 Å². The number of urea groups is 1. The molecule has 1 aliphatic carbocycles. The zero-order valence-corrected chi connectivity index (χ0v) is 24.1. The van der Waals surface area contributed by atoms with Crippen LogP contribution < -0.4 is 15.5 Å². The molecular weight excluding hydrogens is 540 g/mol. The predicted molar refractivity (Wildman–Crippen MR) is 158 cm³/mol. The molecule has 0 spiro atoms. The molecule has 0 radical (unpaired) electrons. The lowest BCUT2D eigenvalue weighted by Crippen LogP contribution is -2.54. The molecule has 0 bridgehead atoms. The van der Waals surface area contributed by atoms with E-state index in [9.17, 15) is 14.7 Å². The minimum Gasteiger partial charge on any atom is -0.390 e. The van der Waals surface area contributed by atoms with Crippen LogP contribution in [0.1, 0.15) is 49.7 Å². The van der Waals surface area contributed by atoms with E-state index in [2.05, 4.69) is 26.2 Å². The molecule has 3 N–H and O–H groups in total. The van der Waals surface area contributed by atoms with Crippen molar-refractivity contribution in [1.82, 2.24) is 30.8 Å². The molecule has 1 unspecified atom stereocenters. The van der Waals surface area contributed by atoms with Gasteiger partial charge in [-0.15, -0.1) is 5.10 Å². The van der Waals surface area contributed by atoms with Gasteiger partial charge in [0, 0.05) is 31.0 Å². The fourth-order valence-corrected chi connectivity index (χ4v) is 6.36. The molecule has 3 amide bonds. The minimum absolute atomic E-state index is 0.308. The number of anilines is 1. The van der Waals surface area contributed by atoms with E-state index < -0.39 is 24.3 Å². The number of rotatable bonds is 9. The largest absolute Gasteiger partial charge is 0.390 e. The van der Waals surface area contributed by atoms with Crippen LogP contribution in [0.2, 0.25) is 0 Å². The molecule has 1 fully saturated rings. The average Bonchev–Trinajstić information content (AvgIpc) is 3.38. The van der Waals surface area contributed by atoms with Gasteiger partial charge in [0.05, 0.1) is 23.5 Å². The van der Waals surface area contributed by atoms with Crippen molar-refractivity contribution in [3.63, 3.8) is 0 Å². The van der Waals surface area contributed by atoms with E-state index in [0.29, 0.717) is 34.6 Å². The van der Waals surface area contributed by atoms with Crippen molar-refractivity contribution in [2.45, 2.75) is 62.0 Å². The Morgan fingerprint density at radius 3 is 2.54 bits per heavy atom. The van der Waals surface area contributed by atoms with Crippen LogP contribution in [-0.2, 0) is 11.8 Å². The Kier molecular flexibility index (Phi) is 9.30. The molecule has 1 aliphatic heterocycles. The van der Waals surface area contributed by atoms with E-state index in [1.807, 2.05) is 54.6 Å². The number of aryl methyl sites for hydroxylation is 1. The van der Waals surface area contributed by atoms with E-state index >= 15 is 0 Å². The maximum absolute atomic E-state index is 13.5. The number of aliphatic hydroxyl groups is 1. The van der Waals surface area contributed by atoms with E-state index in [4.69, 9.17) is 4.99 Å². The number of carbonyl (C=O) groups is 2. The van der Waals surface area contributed by atoms with Crippen molar-refractivity contribution in [3.8, 4) is 0 Å². The summed E-state index contributed by atoms with van der Waals surface area (Å²) < 4.78 is 1.54. The monoisotopic (exact) mass is 576 g/mol. The summed E-state index contributed by atoms with van der Waals surface area (Å²) in [5, 5.41) is 29.0. The van der Waals surface area contributed by atoms with Gasteiger partial charge < -0.3 is 20.6 Å². The maximum Gasteiger partial charge on any atom is 0.317 e. The molecule has 0 saturated heterocycles. The molecule has 3 aromatic rings. The quantitative estimate of drug-likeness (QED) is 0.333. The Morgan fingerprint density at radius 2 is 1.80 bits per heavy atom. The fourth-order valence-electron chi connectivity index (χ4n) is 5.49. The summed E-state index contributed by atoms with van der Waals surface area (Å²) in [4.78, 5) is 33.2. The molecular formula is C29H36N8O3S. The lowest BCUT2D eigenvalue weighted by atomic mass is 9.84. The van der Waals surface area contributed by atoms with Crippen molar-refractivity contribution in [2.24, 2.45) is 18.0 Å². The summed E-state index contributed by atoms with van der Waals surface area (Å²) in [6.45, 7) is 0. The third-order valence-corrected chi connectivity index (χ3v) is 8.83. The van der Waals surface area contributed by atoms with E-state index in [-0.39, 0.29) is 5.91 Å². The van der Waals surface area contributed by atoms with Gasteiger partial charge in [-0.25, -0.2) is 14.5 Å².